The minimum absolute atomic E-state index is 0.0310. The van der Waals surface area contributed by atoms with Gasteiger partial charge in [0.15, 0.2) is 15.9 Å². The van der Waals surface area contributed by atoms with Gasteiger partial charge in [0.2, 0.25) is 0 Å². The molecule has 0 heterocycles. The number of halogens is 1. The van der Waals surface area contributed by atoms with E-state index in [9.17, 15) is 22.7 Å². The lowest BCUT2D eigenvalue weighted by atomic mass is 10.1. The lowest BCUT2D eigenvalue weighted by molar-refractivity contribution is -0.153. The molecule has 0 saturated carbocycles. The summed E-state index contributed by atoms with van der Waals surface area (Å²) in [5.41, 5.74) is -0.420. The lowest BCUT2D eigenvalue weighted by Gasteiger charge is -2.12. The van der Waals surface area contributed by atoms with E-state index in [0.717, 1.165) is 18.4 Å². The molecular weight excluding hydrogens is 263 g/mol. The van der Waals surface area contributed by atoms with Gasteiger partial charge in [0.05, 0.1) is 6.61 Å². The fourth-order valence-corrected chi connectivity index (χ4v) is 2.14. The van der Waals surface area contributed by atoms with E-state index in [1.807, 2.05) is 0 Å². The number of carbonyl (C=O) groups excluding carboxylic acids is 1. The highest BCUT2D eigenvalue weighted by Crippen LogP contribution is 2.24. The molecule has 1 rings (SSSR count). The second kappa shape index (κ2) is 5.45. The number of hydrogen-bond donors (Lipinski definition) is 1. The molecule has 0 radical (unpaired) electrons. The smallest absolute Gasteiger partial charge is 0.339 e. The molecule has 18 heavy (non-hydrogen) atoms. The van der Waals surface area contributed by atoms with Crippen molar-refractivity contribution in [2.75, 3.05) is 12.9 Å². The molecule has 0 aliphatic heterocycles. The van der Waals surface area contributed by atoms with Crippen molar-refractivity contribution in [3.05, 3.63) is 29.6 Å². The number of aliphatic hydroxyl groups excluding tert-OH is 1. The maximum atomic E-state index is 13.9. The number of esters is 1. The van der Waals surface area contributed by atoms with Crippen molar-refractivity contribution in [1.29, 1.82) is 0 Å². The van der Waals surface area contributed by atoms with Gasteiger partial charge >= 0.3 is 5.97 Å². The van der Waals surface area contributed by atoms with Crippen LogP contribution in [0.5, 0.6) is 0 Å². The Morgan fingerprint density at radius 1 is 1.50 bits per heavy atom. The first-order valence-electron chi connectivity index (χ1n) is 5.12. The third-order valence-electron chi connectivity index (χ3n) is 2.20. The van der Waals surface area contributed by atoms with Crippen molar-refractivity contribution < 1.29 is 27.4 Å². The quantitative estimate of drug-likeness (QED) is 0.824. The first-order valence-corrected chi connectivity index (χ1v) is 7.01. The molecule has 0 amide bonds. The summed E-state index contributed by atoms with van der Waals surface area (Å²) >= 11 is 0. The molecule has 5 nitrogen and oxygen atoms in total. The molecule has 1 atom stereocenters. The number of carbonyl (C=O) groups is 1. The highest BCUT2D eigenvalue weighted by molar-refractivity contribution is 7.90. The van der Waals surface area contributed by atoms with Crippen molar-refractivity contribution in [3.63, 3.8) is 0 Å². The van der Waals surface area contributed by atoms with Crippen molar-refractivity contribution in [2.45, 2.75) is 17.9 Å². The van der Waals surface area contributed by atoms with Crippen LogP contribution in [0.15, 0.2) is 23.1 Å². The lowest BCUT2D eigenvalue weighted by Crippen LogP contribution is -2.17. The summed E-state index contributed by atoms with van der Waals surface area (Å²) in [6.07, 6.45) is -1.00. The van der Waals surface area contributed by atoms with Crippen LogP contribution in [0.4, 0.5) is 4.39 Å². The number of sulfone groups is 1. The van der Waals surface area contributed by atoms with Gasteiger partial charge in [-0.15, -0.1) is 0 Å². The zero-order valence-electron chi connectivity index (χ0n) is 9.88. The van der Waals surface area contributed by atoms with Gasteiger partial charge in [-0.3, -0.25) is 0 Å². The van der Waals surface area contributed by atoms with E-state index >= 15 is 0 Å². The summed E-state index contributed by atoms with van der Waals surface area (Å²) in [5, 5.41) is 9.58. The summed E-state index contributed by atoms with van der Waals surface area (Å²) in [7, 11) is -3.77. The average Bonchev–Trinajstić information content (AvgIpc) is 2.27. The molecule has 0 spiro atoms. The average molecular weight is 276 g/mol. The minimum Gasteiger partial charge on any atom is -0.464 e. The largest absolute Gasteiger partial charge is 0.464 e. The monoisotopic (exact) mass is 276 g/mol. The third kappa shape index (κ3) is 3.05. The van der Waals surface area contributed by atoms with E-state index in [-0.39, 0.29) is 6.61 Å². The van der Waals surface area contributed by atoms with Crippen molar-refractivity contribution in [1.82, 2.24) is 0 Å². The topological polar surface area (TPSA) is 80.7 Å². The molecule has 0 aliphatic carbocycles. The number of aliphatic hydroxyl groups is 1. The van der Waals surface area contributed by atoms with Gasteiger partial charge in [0.25, 0.3) is 0 Å². The van der Waals surface area contributed by atoms with E-state index in [1.54, 1.807) is 0 Å². The van der Waals surface area contributed by atoms with Crippen LogP contribution in [-0.2, 0) is 19.4 Å². The fourth-order valence-electron chi connectivity index (χ4n) is 1.37. The van der Waals surface area contributed by atoms with Crippen molar-refractivity contribution >= 4 is 15.8 Å². The molecule has 1 unspecified atom stereocenters. The first kappa shape index (κ1) is 14.6. The van der Waals surface area contributed by atoms with Gasteiger partial charge in [0.1, 0.15) is 10.7 Å². The summed E-state index contributed by atoms with van der Waals surface area (Å²) in [6.45, 7) is 1.57. The van der Waals surface area contributed by atoms with Crippen LogP contribution in [0, 0.1) is 5.82 Å². The Morgan fingerprint density at radius 2 is 2.11 bits per heavy atom. The van der Waals surface area contributed by atoms with Crippen LogP contribution >= 0.6 is 0 Å². The molecule has 100 valence electrons. The highest BCUT2D eigenvalue weighted by Gasteiger charge is 2.26. The van der Waals surface area contributed by atoms with E-state index in [2.05, 4.69) is 4.74 Å². The van der Waals surface area contributed by atoms with Gasteiger partial charge in [-0.25, -0.2) is 17.6 Å². The zero-order valence-corrected chi connectivity index (χ0v) is 10.7. The summed E-state index contributed by atoms with van der Waals surface area (Å²) < 4.78 is 41.0. The predicted octanol–water partition coefficient (Wildman–Crippen LogP) is 0.826. The predicted molar refractivity (Wildman–Crippen MR) is 61.1 cm³/mol. The Morgan fingerprint density at radius 3 is 2.61 bits per heavy atom. The Kier molecular flexibility index (Phi) is 4.42. The standard InChI is InChI=1S/C11H13FO5S/c1-3-17-11(14)10(13)7-5-4-6-8(9(7)12)18(2,15)16/h4-6,10,13H,3H2,1-2H3. The summed E-state index contributed by atoms with van der Waals surface area (Å²) in [4.78, 5) is 10.7. The van der Waals surface area contributed by atoms with Gasteiger partial charge < -0.3 is 9.84 Å². The molecule has 0 fully saturated rings. The number of rotatable bonds is 4. The van der Waals surface area contributed by atoms with Crippen LogP contribution in [0.25, 0.3) is 0 Å². The molecule has 0 aliphatic rings. The maximum Gasteiger partial charge on any atom is 0.339 e. The number of hydrogen-bond acceptors (Lipinski definition) is 5. The van der Waals surface area contributed by atoms with E-state index in [4.69, 9.17) is 0 Å². The molecular formula is C11H13FO5S. The molecule has 7 heteroatoms. The Balaban J connectivity index is 3.24. The Labute approximate surface area is 104 Å². The van der Waals surface area contributed by atoms with Crippen LogP contribution < -0.4 is 0 Å². The van der Waals surface area contributed by atoms with Crippen molar-refractivity contribution in [2.24, 2.45) is 0 Å². The number of benzene rings is 1. The normalized spacial score (nSPS) is 13.1. The molecule has 0 aromatic heterocycles. The second-order valence-corrected chi connectivity index (χ2v) is 5.57. The number of ether oxygens (including phenoxy) is 1. The molecule has 1 N–H and O–H groups in total. The van der Waals surface area contributed by atoms with Crippen LogP contribution in [0.1, 0.15) is 18.6 Å². The van der Waals surface area contributed by atoms with Gasteiger partial charge in [0, 0.05) is 11.8 Å². The highest BCUT2D eigenvalue weighted by atomic mass is 32.2. The van der Waals surface area contributed by atoms with Crippen molar-refractivity contribution in [3.8, 4) is 0 Å². The zero-order chi connectivity index (χ0) is 13.9. The van der Waals surface area contributed by atoms with E-state index in [1.165, 1.54) is 13.0 Å². The van der Waals surface area contributed by atoms with Crippen LogP contribution in [0.2, 0.25) is 0 Å². The van der Waals surface area contributed by atoms with E-state index < -0.39 is 38.2 Å². The van der Waals surface area contributed by atoms with Crippen LogP contribution in [0.3, 0.4) is 0 Å². The third-order valence-corrected chi connectivity index (χ3v) is 3.31. The fraction of sp³-hybridized carbons (Fsp3) is 0.364. The van der Waals surface area contributed by atoms with E-state index in [0.29, 0.717) is 0 Å². The Bertz CT molecular complexity index is 553. The summed E-state index contributed by atoms with van der Waals surface area (Å²) in [6, 6.07) is 3.44. The van der Waals surface area contributed by atoms with Gasteiger partial charge in [-0.05, 0) is 13.0 Å². The minimum atomic E-state index is -3.77. The second-order valence-electron chi connectivity index (χ2n) is 3.59. The van der Waals surface area contributed by atoms with Gasteiger partial charge in [-0.1, -0.05) is 12.1 Å². The molecule has 1 aromatic carbocycles. The summed E-state index contributed by atoms with van der Waals surface area (Å²) in [5.74, 6) is -2.16. The first-order chi connectivity index (χ1) is 8.29. The molecule has 1 aromatic rings. The van der Waals surface area contributed by atoms with Gasteiger partial charge in [-0.2, -0.15) is 0 Å². The maximum absolute atomic E-state index is 13.9. The molecule has 0 saturated heterocycles. The molecule has 0 bridgehead atoms. The SMILES string of the molecule is CCOC(=O)C(O)c1cccc(S(C)(=O)=O)c1F. The van der Waals surface area contributed by atoms with Crippen LogP contribution in [-0.4, -0.2) is 32.4 Å². The Hall–Kier alpha value is -1.47.